The number of methoxy groups -OCH3 is 1. The molecule has 0 aliphatic rings. The van der Waals surface area contributed by atoms with E-state index in [9.17, 15) is 4.79 Å². The average molecular weight is 231 g/mol. The molecule has 0 aliphatic heterocycles. The molecule has 0 unspecified atom stereocenters. The number of aromatic amines is 1. The summed E-state index contributed by atoms with van der Waals surface area (Å²) in [6, 6.07) is 7.23. The minimum absolute atomic E-state index is 0.0949. The van der Waals surface area contributed by atoms with E-state index in [1.165, 1.54) is 0 Å². The van der Waals surface area contributed by atoms with E-state index in [-0.39, 0.29) is 12.3 Å². The van der Waals surface area contributed by atoms with E-state index in [0.717, 1.165) is 5.69 Å². The lowest BCUT2D eigenvalue weighted by Gasteiger charge is -2.06. The zero-order valence-corrected chi connectivity index (χ0v) is 9.43. The summed E-state index contributed by atoms with van der Waals surface area (Å²) in [4.78, 5) is 18.4. The summed E-state index contributed by atoms with van der Waals surface area (Å²) in [5.41, 5.74) is 1.50. The maximum atomic E-state index is 11.7. The Balaban J connectivity index is 1.98. The van der Waals surface area contributed by atoms with Crippen LogP contribution in [-0.2, 0) is 11.2 Å². The van der Waals surface area contributed by atoms with Gasteiger partial charge in [0.25, 0.3) is 0 Å². The van der Waals surface area contributed by atoms with E-state index in [1.54, 1.807) is 25.7 Å². The molecule has 2 aromatic rings. The number of imidazole rings is 1. The Labute approximate surface area is 98.8 Å². The van der Waals surface area contributed by atoms with E-state index in [2.05, 4.69) is 15.3 Å². The number of benzene rings is 1. The summed E-state index contributed by atoms with van der Waals surface area (Å²) in [7, 11) is 1.59. The van der Waals surface area contributed by atoms with Crippen LogP contribution in [0.1, 0.15) is 5.69 Å². The Morgan fingerprint density at radius 1 is 1.53 bits per heavy atom. The van der Waals surface area contributed by atoms with Gasteiger partial charge in [-0.15, -0.1) is 0 Å². The number of H-pyrrole nitrogens is 1. The van der Waals surface area contributed by atoms with Crippen molar-refractivity contribution in [2.75, 3.05) is 12.4 Å². The van der Waals surface area contributed by atoms with Crippen molar-refractivity contribution in [3.8, 4) is 5.75 Å². The van der Waals surface area contributed by atoms with Crippen molar-refractivity contribution in [2.45, 2.75) is 6.42 Å². The van der Waals surface area contributed by atoms with Gasteiger partial charge in [-0.25, -0.2) is 4.98 Å². The number of carbonyl (C=O) groups is 1. The molecule has 0 spiro atoms. The summed E-state index contributed by atoms with van der Waals surface area (Å²) < 4.78 is 5.07. The van der Waals surface area contributed by atoms with Crippen LogP contribution in [0.15, 0.2) is 36.8 Å². The fraction of sp³-hybridized carbons (Fsp3) is 0.167. The number of rotatable bonds is 4. The zero-order valence-electron chi connectivity index (χ0n) is 9.43. The molecule has 1 aromatic heterocycles. The minimum Gasteiger partial charge on any atom is -0.497 e. The molecular weight excluding hydrogens is 218 g/mol. The fourth-order valence-electron chi connectivity index (χ4n) is 1.46. The van der Waals surface area contributed by atoms with E-state index < -0.39 is 0 Å². The molecule has 2 rings (SSSR count). The number of carbonyl (C=O) groups excluding carboxylic acids is 1. The highest BCUT2D eigenvalue weighted by atomic mass is 16.5. The van der Waals surface area contributed by atoms with Gasteiger partial charge < -0.3 is 15.0 Å². The van der Waals surface area contributed by atoms with Gasteiger partial charge in [0.1, 0.15) is 5.75 Å². The predicted octanol–water partition coefficient (Wildman–Crippen LogP) is 1.60. The standard InChI is InChI=1S/C12H13N3O2/c1-17-11-4-2-3-9(5-11)15-12(16)6-10-7-13-8-14-10/h2-5,7-8H,6H2,1H3,(H,13,14)(H,15,16). The van der Waals surface area contributed by atoms with Crippen molar-refractivity contribution in [1.82, 2.24) is 9.97 Å². The van der Waals surface area contributed by atoms with Crippen LogP contribution in [0.2, 0.25) is 0 Å². The summed E-state index contributed by atoms with van der Waals surface area (Å²) in [6.07, 6.45) is 3.45. The predicted molar refractivity (Wildman–Crippen MR) is 63.9 cm³/mol. The third-order valence-corrected chi connectivity index (χ3v) is 2.26. The first-order valence-electron chi connectivity index (χ1n) is 5.19. The smallest absolute Gasteiger partial charge is 0.230 e. The Kier molecular flexibility index (Phi) is 3.40. The monoisotopic (exact) mass is 231 g/mol. The third-order valence-electron chi connectivity index (χ3n) is 2.26. The molecule has 5 nitrogen and oxygen atoms in total. The Morgan fingerprint density at radius 3 is 3.12 bits per heavy atom. The number of ether oxygens (including phenoxy) is 1. The van der Waals surface area contributed by atoms with Crippen LogP contribution < -0.4 is 10.1 Å². The number of hydrogen-bond donors (Lipinski definition) is 2. The summed E-state index contributed by atoms with van der Waals surface area (Å²) in [6.45, 7) is 0. The van der Waals surface area contributed by atoms with Crippen LogP contribution >= 0.6 is 0 Å². The summed E-state index contributed by atoms with van der Waals surface area (Å²) in [5, 5.41) is 2.79. The molecule has 0 radical (unpaired) electrons. The first-order chi connectivity index (χ1) is 8.28. The molecule has 0 bridgehead atoms. The highest BCUT2D eigenvalue weighted by Crippen LogP contribution is 2.16. The van der Waals surface area contributed by atoms with E-state index >= 15 is 0 Å². The topological polar surface area (TPSA) is 67.0 Å². The van der Waals surface area contributed by atoms with Gasteiger partial charge in [-0.2, -0.15) is 0 Å². The highest BCUT2D eigenvalue weighted by Gasteiger charge is 2.05. The largest absolute Gasteiger partial charge is 0.497 e. The van der Waals surface area contributed by atoms with Crippen molar-refractivity contribution < 1.29 is 9.53 Å². The number of amides is 1. The molecular formula is C12H13N3O2. The number of anilines is 1. The SMILES string of the molecule is COc1cccc(NC(=O)Cc2cnc[nH]2)c1. The van der Waals surface area contributed by atoms with E-state index in [4.69, 9.17) is 4.74 Å². The lowest BCUT2D eigenvalue weighted by molar-refractivity contribution is -0.115. The molecule has 0 aliphatic carbocycles. The normalized spacial score (nSPS) is 9.94. The maximum Gasteiger partial charge on any atom is 0.230 e. The third kappa shape index (κ3) is 3.07. The second-order valence-electron chi connectivity index (χ2n) is 3.53. The second-order valence-corrected chi connectivity index (χ2v) is 3.53. The molecule has 5 heteroatoms. The zero-order chi connectivity index (χ0) is 12.1. The molecule has 17 heavy (non-hydrogen) atoms. The van der Waals surface area contributed by atoms with Gasteiger partial charge in [0.2, 0.25) is 5.91 Å². The Morgan fingerprint density at radius 2 is 2.41 bits per heavy atom. The molecule has 0 saturated carbocycles. The molecule has 1 heterocycles. The molecule has 1 aromatic carbocycles. The Hall–Kier alpha value is -2.30. The Bertz CT molecular complexity index is 494. The van der Waals surface area contributed by atoms with Crippen LogP contribution in [-0.4, -0.2) is 23.0 Å². The van der Waals surface area contributed by atoms with Crippen molar-refractivity contribution in [1.29, 1.82) is 0 Å². The van der Waals surface area contributed by atoms with Gasteiger partial charge >= 0.3 is 0 Å². The molecule has 1 amide bonds. The summed E-state index contributed by atoms with van der Waals surface area (Å²) in [5.74, 6) is 0.617. The number of nitrogens with zero attached hydrogens (tertiary/aromatic N) is 1. The number of hydrogen-bond acceptors (Lipinski definition) is 3. The van der Waals surface area contributed by atoms with E-state index in [1.807, 2.05) is 18.2 Å². The van der Waals surface area contributed by atoms with Crippen molar-refractivity contribution >= 4 is 11.6 Å². The van der Waals surface area contributed by atoms with Crippen molar-refractivity contribution in [2.24, 2.45) is 0 Å². The summed E-state index contributed by atoms with van der Waals surface area (Å²) >= 11 is 0. The van der Waals surface area contributed by atoms with Gasteiger partial charge in [-0.3, -0.25) is 4.79 Å². The van der Waals surface area contributed by atoms with Crippen molar-refractivity contribution in [3.05, 3.63) is 42.5 Å². The molecule has 2 N–H and O–H groups in total. The minimum atomic E-state index is -0.0949. The van der Waals surface area contributed by atoms with Gasteiger partial charge in [-0.1, -0.05) is 6.07 Å². The van der Waals surface area contributed by atoms with Gasteiger partial charge in [0.15, 0.2) is 0 Å². The fourth-order valence-corrected chi connectivity index (χ4v) is 1.46. The molecule has 88 valence electrons. The lowest BCUT2D eigenvalue weighted by Crippen LogP contribution is -2.14. The van der Waals surface area contributed by atoms with Gasteiger partial charge in [0.05, 0.1) is 19.9 Å². The first-order valence-corrected chi connectivity index (χ1v) is 5.19. The maximum absolute atomic E-state index is 11.7. The van der Waals surface area contributed by atoms with Crippen LogP contribution in [0.3, 0.4) is 0 Å². The quantitative estimate of drug-likeness (QED) is 0.839. The molecule has 0 fully saturated rings. The van der Waals surface area contributed by atoms with Crippen LogP contribution in [0, 0.1) is 0 Å². The van der Waals surface area contributed by atoms with Crippen LogP contribution in [0.25, 0.3) is 0 Å². The van der Waals surface area contributed by atoms with Gasteiger partial charge in [-0.05, 0) is 12.1 Å². The van der Waals surface area contributed by atoms with Gasteiger partial charge in [0, 0.05) is 23.6 Å². The highest BCUT2D eigenvalue weighted by molar-refractivity contribution is 5.92. The van der Waals surface area contributed by atoms with Crippen LogP contribution in [0.4, 0.5) is 5.69 Å². The lowest BCUT2D eigenvalue weighted by atomic mass is 10.2. The van der Waals surface area contributed by atoms with Crippen LogP contribution in [0.5, 0.6) is 5.75 Å². The average Bonchev–Trinajstić information content (AvgIpc) is 2.82. The first kappa shape index (κ1) is 11.2. The number of aromatic nitrogens is 2. The van der Waals surface area contributed by atoms with E-state index in [0.29, 0.717) is 11.4 Å². The second kappa shape index (κ2) is 5.16. The molecule has 0 atom stereocenters. The van der Waals surface area contributed by atoms with Crippen molar-refractivity contribution in [3.63, 3.8) is 0 Å². The molecule has 0 saturated heterocycles. The number of nitrogens with one attached hydrogen (secondary N) is 2.